The standard InChI is InChI=1S/C10H8BrNO3S/c11-7-1-2-8(16-7)12-5-6-3-4-15-9(6)10(13)14/h1-4,12H,5H2,(H,13,14). The van der Waals surface area contributed by atoms with Crippen LogP contribution in [0.2, 0.25) is 0 Å². The van der Waals surface area contributed by atoms with Crippen molar-refractivity contribution < 1.29 is 14.3 Å². The van der Waals surface area contributed by atoms with Crippen molar-refractivity contribution in [3.05, 3.63) is 39.6 Å². The van der Waals surface area contributed by atoms with E-state index in [2.05, 4.69) is 21.2 Å². The molecule has 0 radical (unpaired) electrons. The average molecular weight is 302 g/mol. The molecule has 0 bridgehead atoms. The van der Waals surface area contributed by atoms with Crippen molar-refractivity contribution in [3.63, 3.8) is 0 Å². The quantitative estimate of drug-likeness (QED) is 0.908. The molecule has 0 spiro atoms. The second kappa shape index (κ2) is 4.71. The molecule has 2 rings (SSSR count). The second-order valence-electron chi connectivity index (χ2n) is 3.04. The average Bonchev–Trinajstić information content (AvgIpc) is 2.83. The highest BCUT2D eigenvalue weighted by molar-refractivity contribution is 9.11. The minimum absolute atomic E-state index is 0.0110. The summed E-state index contributed by atoms with van der Waals surface area (Å²) in [5, 5.41) is 12.9. The fourth-order valence-electron chi connectivity index (χ4n) is 1.25. The second-order valence-corrected chi connectivity index (χ2v) is 5.50. The number of hydrogen-bond acceptors (Lipinski definition) is 4. The molecule has 0 saturated carbocycles. The first-order valence-corrected chi connectivity index (χ1v) is 6.06. The monoisotopic (exact) mass is 301 g/mol. The normalized spacial score (nSPS) is 10.3. The Morgan fingerprint density at radius 2 is 2.31 bits per heavy atom. The molecule has 2 aromatic rings. The van der Waals surface area contributed by atoms with E-state index in [1.807, 2.05) is 12.1 Å². The molecule has 0 aromatic carbocycles. The van der Waals surface area contributed by atoms with Gasteiger partial charge in [0.2, 0.25) is 5.76 Å². The smallest absolute Gasteiger partial charge is 0.372 e. The van der Waals surface area contributed by atoms with Gasteiger partial charge < -0.3 is 14.8 Å². The topological polar surface area (TPSA) is 62.5 Å². The molecule has 0 amide bonds. The molecule has 0 fully saturated rings. The Labute approximate surface area is 104 Å². The number of carboxylic acid groups (broad SMARTS) is 1. The van der Waals surface area contributed by atoms with E-state index in [4.69, 9.17) is 9.52 Å². The van der Waals surface area contributed by atoms with Gasteiger partial charge in [-0.1, -0.05) is 0 Å². The minimum atomic E-state index is -1.05. The minimum Gasteiger partial charge on any atom is -0.475 e. The Morgan fingerprint density at radius 3 is 2.94 bits per heavy atom. The van der Waals surface area contributed by atoms with Crippen LogP contribution in [-0.4, -0.2) is 11.1 Å². The first kappa shape index (κ1) is 11.2. The van der Waals surface area contributed by atoms with Gasteiger partial charge in [-0.15, -0.1) is 11.3 Å². The van der Waals surface area contributed by atoms with E-state index in [0.29, 0.717) is 12.1 Å². The van der Waals surface area contributed by atoms with Crippen molar-refractivity contribution >= 4 is 38.2 Å². The summed E-state index contributed by atoms with van der Waals surface area (Å²) < 4.78 is 5.90. The molecule has 2 aromatic heterocycles. The summed E-state index contributed by atoms with van der Waals surface area (Å²) in [5.74, 6) is -1.06. The SMILES string of the molecule is O=C(O)c1occc1CNc1ccc(Br)s1. The molecule has 16 heavy (non-hydrogen) atoms. The largest absolute Gasteiger partial charge is 0.475 e. The number of halogens is 1. The molecular formula is C10H8BrNO3S. The molecule has 0 saturated heterocycles. The Balaban J connectivity index is 2.04. The predicted octanol–water partition coefficient (Wildman–Crippen LogP) is 3.41. The number of nitrogens with one attached hydrogen (secondary N) is 1. The maximum atomic E-state index is 10.8. The van der Waals surface area contributed by atoms with E-state index in [1.54, 1.807) is 17.4 Å². The maximum Gasteiger partial charge on any atom is 0.372 e. The molecule has 0 atom stereocenters. The molecule has 84 valence electrons. The van der Waals surface area contributed by atoms with Crippen LogP contribution >= 0.6 is 27.3 Å². The fourth-order valence-corrected chi connectivity index (χ4v) is 2.54. The summed E-state index contributed by atoms with van der Waals surface area (Å²) in [6.07, 6.45) is 1.38. The van der Waals surface area contributed by atoms with Gasteiger partial charge in [-0.25, -0.2) is 4.79 Å². The number of rotatable bonds is 4. The molecular weight excluding hydrogens is 294 g/mol. The van der Waals surface area contributed by atoms with Crippen LogP contribution in [0.25, 0.3) is 0 Å². The van der Waals surface area contributed by atoms with Crippen molar-refractivity contribution in [3.8, 4) is 0 Å². The molecule has 0 unspecified atom stereocenters. The van der Waals surface area contributed by atoms with Crippen molar-refractivity contribution in [2.24, 2.45) is 0 Å². The summed E-state index contributed by atoms with van der Waals surface area (Å²) in [5.41, 5.74) is 0.636. The summed E-state index contributed by atoms with van der Waals surface area (Å²) in [7, 11) is 0. The van der Waals surface area contributed by atoms with Gasteiger partial charge in [0.15, 0.2) is 0 Å². The van der Waals surface area contributed by atoms with Crippen molar-refractivity contribution in [2.45, 2.75) is 6.54 Å². The van der Waals surface area contributed by atoms with Gasteiger partial charge in [0.25, 0.3) is 0 Å². The molecule has 0 aliphatic heterocycles. The lowest BCUT2D eigenvalue weighted by Crippen LogP contribution is -2.03. The van der Waals surface area contributed by atoms with Gasteiger partial charge in [0, 0.05) is 12.1 Å². The molecule has 2 N–H and O–H groups in total. The Bertz CT molecular complexity index is 506. The maximum absolute atomic E-state index is 10.8. The van der Waals surface area contributed by atoms with Crippen molar-refractivity contribution in [2.75, 3.05) is 5.32 Å². The van der Waals surface area contributed by atoms with Crippen LogP contribution in [0.4, 0.5) is 5.00 Å². The third-order valence-electron chi connectivity index (χ3n) is 1.97. The van der Waals surface area contributed by atoms with E-state index < -0.39 is 5.97 Å². The van der Waals surface area contributed by atoms with Crippen molar-refractivity contribution in [1.82, 2.24) is 0 Å². The van der Waals surface area contributed by atoms with Crippen LogP contribution in [0.3, 0.4) is 0 Å². The van der Waals surface area contributed by atoms with E-state index in [0.717, 1.165) is 8.79 Å². The number of thiophene rings is 1. The zero-order valence-electron chi connectivity index (χ0n) is 8.07. The van der Waals surface area contributed by atoms with E-state index in [1.165, 1.54) is 6.26 Å². The lowest BCUT2D eigenvalue weighted by atomic mass is 10.2. The van der Waals surface area contributed by atoms with E-state index in [9.17, 15) is 4.79 Å². The highest BCUT2D eigenvalue weighted by Gasteiger charge is 2.13. The van der Waals surface area contributed by atoms with Crippen LogP contribution in [0.1, 0.15) is 16.1 Å². The van der Waals surface area contributed by atoms with E-state index in [-0.39, 0.29) is 5.76 Å². The number of carbonyl (C=O) groups is 1. The Morgan fingerprint density at radius 1 is 1.50 bits per heavy atom. The third kappa shape index (κ3) is 2.45. The molecule has 0 aliphatic carbocycles. The van der Waals surface area contributed by atoms with Crippen LogP contribution in [0.15, 0.2) is 32.7 Å². The zero-order valence-corrected chi connectivity index (χ0v) is 10.5. The summed E-state index contributed by atoms with van der Waals surface area (Å²) >= 11 is 4.91. The van der Waals surface area contributed by atoms with Gasteiger partial charge >= 0.3 is 5.97 Å². The number of aromatic carboxylic acids is 1. The Hall–Kier alpha value is -1.27. The van der Waals surface area contributed by atoms with Crippen LogP contribution < -0.4 is 5.32 Å². The van der Waals surface area contributed by atoms with Crippen LogP contribution in [0, 0.1) is 0 Å². The lowest BCUT2D eigenvalue weighted by molar-refractivity contribution is 0.0661. The molecule has 0 aliphatic rings. The van der Waals surface area contributed by atoms with Gasteiger partial charge in [-0.3, -0.25) is 0 Å². The van der Waals surface area contributed by atoms with Crippen LogP contribution in [-0.2, 0) is 6.54 Å². The first-order chi connectivity index (χ1) is 7.66. The van der Waals surface area contributed by atoms with Gasteiger partial charge in [-0.2, -0.15) is 0 Å². The van der Waals surface area contributed by atoms with Crippen molar-refractivity contribution in [1.29, 1.82) is 0 Å². The first-order valence-electron chi connectivity index (χ1n) is 4.45. The third-order valence-corrected chi connectivity index (χ3v) is 3.55. The number of furan rings is 1. The van der Waals surface area contributed by atoms with E-state index >= 15 is 0 Å². The highest BCUT2D eigenvalue weighted by atomic mass is 79.9. The summed E-state index contributed by atoms with van der Waals surface area (Å²) in [6, 6.07) is 5.51. The lowest BCUT2D eigenvalue weighted by Gasteiger charge is -2.01. The van der Waals surface area contributed by atoms with Gasteiger partial charge in [0.1, 0.15) is 0 Å². The van der Waals surface area contributed by atoms with Gasteiger partial charge in [-0.05, 0) is 34.1 Å². The highest BCUT2D eigenvalue weighted by Crippen LogP contribution is 2.27. The molecule has 2 heterocycles. The number of hydrogen-bond donors (Lipinski definition) is 2. The predicted molar refractivity (Wildman–Crippen MR) is 65.0 cm³/mol. The Kier molecular flexibility index (Phi) is 3.31. The van der Waals surface area contributed by atoms with Crippen LogP contribution in [0.5, 0.6) is 0 Å². The molecule has 4 nitrogen and oxygen atoms in total. The number of anilines is 1. The van der Waals surface area contributed by atoms with Gasteiger partial charge in [0.05, 0.1) is 15.1 Å². The molecule has 6 heteroatoms. The fraction of sp³-hybridized carbons (Fsp3) is 0.100. The number of carboxylic acids is 1. The summed E-state index contributed by atoms with van der Waals surface area (Å²) in [4.78, 5) is 10.8. The summed E-state index contributed by atoms with van der Waals surface area (Å²) in [6.45, 7) is 0.436. The zero-order chi connectivity index (χ0) is 11.5.